The van der Waals surface area contributed by atoms with Gasteiger partial charge in [0.15, 0.2) is 0 Å². The van der Waals surface area contributed by atoms with Gasteiger partial charge >= 0.3 is 18.9 Å². The second-order valence-electron chi connectivity index (χ2n) is 4.73. The lowest BCUT2D eigenvalue weighted by molar-refractivity contribution is -0.275. The van der Waals surface area contributed by atoms with Crippen LogP contribution >= 0.6 is 23.2 Å². The Balaban J connectivity index is 2.02. The number of rotatable bonds is 4. The summed E-state index contributed by atoms with van der Waals surface area (Å²) in [6.45, 7) is 0. The normalized spacial score (nSPS) is 11.7. The van der Waals surface area contributed by atoms with Crippen molar-refractivity contribution in [1.29, 1.82) is 0 Å². The van der Waals surface area contributed by atoms with Gasteiger partial charge in [-0.2, -0.15) is 0 Å². The van der Waals surface area contributed by atoms with Crippen molar-refractivity contribution in [2.24, 2.45) is 0 Å². The summed E-state index contributed by atoms with van der Waals surface area (Å²) in [6, 6.07) is 5.22. The van der Waals surface area contributed by atoms with Crippen LogP contribution in [0.1, 0.15) is 0 Å². The Morgan fingerprint density at radius 1 is 0.714 bits per heavy atom. The summed E-state index contributed by atoms with van der Waals surface area (Å²) < 4.78 is 89.6. The zero-order valence-electron chi connectivity index (χ0n) is 13.0. The highest BCUT2D eigenvalue weighted by molar-refractivity contribution is 6.32. The number of alkyl halides is 6. The van der Waals surface area contributed by atoms with Gasteiger partial charge in [-0.3, -0.25) is 0 Å². The summed E-state index contributed by atoms with van der Waals surface area (Å²) >= 11 is 11.2. The van der Waals surface area contributed by atoms with Crippen molar-refractivity contribution in [2.75, 3.05) is 0 Å². The Hall–Kier alpha value is -2.53. The molecule has 2 aromatic carbocycles. The van der Waals surface area contributed by atoms with Gasteiger partial charge in [0.1, 0.15) is 23.0 Å². The lowest BCUT2D eigenvalue weighted by atomic mass is 10.3. The van der Waals surface area contributed by atoms with Crippen molar-refractivity contribution in [1.82, 2.24) is 0 Å². The molecule has 0 fully saturated rings. The van der Waals surface area contributed by atoms with Crippen LogP contribution in [-0.2, 0) is 0 Å². The van der Waals surface area contributed by atoms with Gasteiger partial charge in [0.25, 0.3) is 0 Å². The van der Waals surface area contributed by atoms with Crippen LogP contribution in [0.2, 0.25) is 10.0 Å². The Bertz CT molecular complexity index is 799. The molecule has 2 aromatic rings. The van der Waals surface area contributed by atoms with Crippen LogP contribution in [0.3, 0.4) is 0 Å². The van der Waals surface area contributed by atoms with Crippen LogP contribution in [0.25, 0.3) is 0 Å². The minimum absolute atomic E-state index is 0.285. The van der Waals surface area contributed by atoms with Crippen molar-refractivity contribution >= 4 is 29.4 Å². The molecular weight excluding hydrogens is 445 g/mol. The second kappa shape index (κ2) is 8.23. The van der Waals surface area contributed by atoms with E-state index in [1.165, 1.54) is 0 Å². The fraction of sp³-hybridized carbons (Fsp3) is 0.133. The van der Waals surface area contributed by atoms with Crippen LogP contribution < -0.4 is 18.9 Å². The molecule has 13 heteroatoms. The van der Waals surface area contributed by atoms with Crippen LogP contribution in [0.5, 0.6) is 23.0 Å². The van der Waals surface area contributed by atoms with Gasteiger partial charge in [0, 0.05) is 12.1 Å². The first-order valence-corrected chi connectivity index (χ1v) is 7.58. The molecule has 0 unspecified atom stereocenters. The zero-order chi connectivity index (χ0) is 21.1. The SMILES string of the molecule is O=C(Oc1ccc(OC(F)(F)F)c(Cl)c1)Oc1ccc(OC(F)(F)F)c(Cl)c1. The average Bonchev–Trinajstić information content (AvgIpc) is 2.50. The first kappa shape index (κ1) is 21.8. The van der Waals surface area contributed by atoms with Gasteiger partial charge in [-0.15, -0.1) is 26.3 Å². The van der Waals surface area contributed by atoms with Gasteiger partial charge in [0.2, 0.25) is 0 Å². The number of ether oxygens (including phenoxy) is 4. The largest absolute Gasteiger partial charge is 0.573 e. The summed E-state index contributed by atoms with van der Waals surface area (Å²) in [7, 11) is 0. The molecule has 28 heavy (non-hydrogen) atoms. The number of hydrogen-bond acceptors (Lipinski definition) is 5. The van der Waals surface area contributed by atoms with Crippen molar-refractivity contribution < 1.29 is 50.1 Å². The minimum atomic E-state index is -4.97. The maximum Gasteiger partial charge on any atom is 0.573 e. The van der Waals surface area contributed by atoms with Gasteiger partial charge in [-0.25, -0.2) is 4.79 Å². The Labute approximate surface area is 162 Å². The fourth-order valence-electron chi connectivity index (χ4n) is 1.72. The molecular formula is C15H6Cl2F6O5. The molecule has 152 valence electrons. The Kier molecular flexibility index (Phi) is 6.40. The highest BCUT2D eigenvalue weighted by atomic mass is 35.5. The highest BCUT2D eigenvalue weighted by Crippen LogP contribution is 2.34. The summed E-state index contributed by atoms with van der Waals surface area (Å²) in [5.74, 6) is -2.01. The average molecular weight is 451 g/mol. The number of halogens is 8. The minimum Gasteiger partial charge on any atom is -0.404 e. The lowest BCUT2D eigenvalue weighted by Crippen LogP contribution is -2.18. The van der Waals surface area contributed by atoms with E-state index >= 15 is 0 Å². The van der Waals surface area contributed by atoms with Crippen molar-refractivity contribution in [3.63, 3.8) is 0 Å². The summed E-state index contributed by atoms with van der Waals surface area (Å²) in [5, 5.41) is -1.00. The van der Waals surface area contributed by atoms with E-state index in [1.54, 1.807) is 0 Å². The fourth-order valence-corrected chi connectivity index (χ4v) is 2.14. The topological polar surface area (TPSA) is 54.0 Å². The van der Waals surface area contributed by atoms with E-state index in [4.69, 9.17) is 32.7 Å². The monoisotopic (exact) mass is 450 g/mol. The van der Waals surface area contributed by atoms with E-state index in [2.05, 4.69) is 9.47 Å². The maximum absolute atomic E-state index is 12.2. The van der Waals surface area contributed by atoms with Crippen molar-refractivity contribution in [3.8, 4) is 23.0 Å². The molecule has 5 nitrogen and oxygen atoms in total. The van der Waals surface area contributed by atoms with Gasteiger partial charge in [0.05, 0.1) is 10.0 Å². The van der Waals surface area contributed by atoms with E-state index in [0.29, 0.717) is 0 Å². The molecule has 0 bridgehead atoms. The first-order valence-electron chi connectivity index (χ1n) is 6.83. The standard InChI is InChI=1S/C15H6Cl2F6O5/c16-9-5-7(1-3-11(9)27-14(18,19)20)25-13(24)26-8-2-4-12(10(17)6-8)28-15(21,22)23/h1-6H. The van der Waals surface area contributed by atoms with Crippen LogP contribution in [0.4, 0.5) is 31.1 Å². The summed E-state index contributed by atoms with van der Waals surface area (Å²) in [6.07, 6.45) is -11.3. The number of carbonyl (C=O) groups is 1. The third-order valence-electron chi connectivity index (χ3n) is 2.66. The Morgan fingerprint density at radius 3 is 1.36 bits per heavy atom. The predicted molar refractivity (Wildman–Crippen MR) is 82.9 cm³/mol. The van der Waals surface area contributed by atoms with Crippen molar-refractivity contribution in [2.45, 2.75) is 12.7 Å². The third kappa shape index (κ3) is 6.89. The van der Waals surface area contributed by atoms with Crippen LogP contribution in [-0.4, -0.2) is 18.9 Å². The maximum atomic E-state index is 12.2. The molecule has 2 rings (SSSR count). The smallest absolute Gasteiger partial charge is 0.404 e. The molecule has 0 atom stereocenters. The van der Waals surface area contributed by atoms with E-state index in [0.717, 1.165) is 36.4 Å². The van der Waals surface area contributed by atoms with Gasteiger partial charge < -0.3 is 18.9 Å². The van der Waals surface area contributed by atoms with Gasteiger partial charge in [-0.05, 0) is 24.3 Å². The number of hydrogen-bond donors (Lipinski definition) is 0. The summed E-state index contributed by atoms with van der Waals surface area (Å²) in [5.41, 5.74) is 0. The zero-order valence-corrected chi connectivity index (χ0v) is 14.5. The first-order chi connectivity index (χ1) is 12.8. The van der Waals surface area contributed by atoms with Crippen LogP contribution in [0, 0.1) is 0 Å². The molecule has 0 N–H and O–H groups in total. The predicted octanol–water partition coefficient (Wildman–Crippen LogP) is 6.37. The molecule has 0 aliphatic rings. The number of carbonyl (C=O) groups excluding carboxylic acids is 1. The molecule has 0 heterocycles. The summed E-state index contributed by atoms with van der Waals surface area (Å²) in [4.78, 5) is 11.7. The molecule has 0 radical (unpaired) electrons. The highest BCUT2D eigenvalue weighted by Gasteiger charge is 2.33. The van der Waals surface area contributed by atoms with E-state index in [1.807, 2.05) is 0 Å². The van der Waals surface area contributed by atoms with E-state index in [9.17, 15) is 31.1 Å². The lowest BCUT2D eigenvalue weighted by Gasteiger charge is -2.12. The van der Waals surface area contributed by atoms with Gasteiger partial charge in [-0.1, -0.05) is 23.2 Å². The quantitative estimate of drug-likeness (QED) is 0.307. The van der Waals surface area contributed by atoms with Crippen molar-refractivity contribution in [3.05, 3.63) is 46.4 Å². The molecule has 0 saturated carbocycles. The van der Waals surface area contributed by atoms with E-state index < -0.39 is 40.4 Å². The Morgan fingerprint density at radius 2 is 1.07 bits per heavy atom. The third-order valence-corrected chi connectivity index (χ3v) is 3.25. The molecule has 0 aromatic heterocycles. The molecule has 0 amide bonds. The molecule has 0 saturated heterocycles. The second-order valence-corrected chi connectivity index (χ2v) is 5.55. The molecule has 0 spiro atoms. The number of benzene rings is 2. The molecule has 0 aliphatic heterocycles. The van der Waals surface area contributed by atoms with E-state index in [-0.39, 0.29) is 11.5 Å². The van der Waals surface area contributed by atoms with Crippen LogP contribution in [0.15, 0.2) is 36.4 Å². The molecule has 0 aliphatic carbocycles.